The van der Waals surface area contributed by atoms with E-state index in [0.29, 0.717) is 31.1 Å². The molecule has 2 aromatic rings. The Morgan fingerprint density at radius 1 is 1.40 bits per heavy atom. The first kappa shape index (κ1) is 17.1. The van der Waals surface area contributed by atoms with E-state index in [9.17, 15) is 9.59 Å². The van der Waals surface area contributed by atoms with Gasteiger partial charge in [0.2, 0.25) is 5.91 Å². The van der Waals surface area contributed by atoms with Crippen molar-refractivity contribution in [3.63, 3.8) is 0 Å². The quantitative estimate of drug-likeness (QED) is 0.839. The molecule has 0 aromatic carbocycles. The van der Waals surface area contributed by atoms with Gasteiger partial charge in [0, 0.05) is 19.2 Å². The fourth-order valence-corrected chi connectivity index (χ4v) is 3.00. The molecule has 0 spiro atoms. The summed E-state index contributed by atoms with van der Waals surface area (Å²) < 4.78 is 6.96. The summed E-state index contributed by atoms with van der Waals surface area (Å²) in [6, 6.07) is 4.60. The van der Waals surface area contributed by atoms with Crippen LogP contribution in [0.2, 0.25) is 0 Å². The number of hydrogen-bond donors (Lipinski definition) is 2. The van der Waals surface area contributed by atoms with Crippen molar-refractivity contribution in [2.75, 3.05) is 11.9 Å². The first-order valence-corrected chi connectivity index (χ1v) is 8.58. The molecule has 0 radical (unpaired) electrons. The lowest BCUT2D eigenvalue weighted by atomic mass is 10.2. The average molecular weight is 345 g/mol. The number of urea groups is 1. The Morgan fingerprint density at radius 2 is 2.28 bits per heavy atom. The van der Waals surface area contributed by atoms with Gasteiger partial charge in [-0.3, -0.25) is 10.1 Å². The Morgan fingerprint density at radius 3 is 3.04 bits per heavy atom. The number of carbonyl (C=O) groups excluding carboxylic acids is 2. The second-order valence-corrected chi connectivity index (χ2v) is 6.02. The summed E-state index contributed by atoms with van der Waals surface area (Å²) in [5, 5.41) is 9.88. The van der Waals surface area contributed by atoms with Crippen molar-refractivity contribution in [1.29, 1.82) is 0 Å². The highest BCUT2D eigenvalue weighted by Gasteiger charge is 2.34. The van der Waals surface area contributed by atoms with Crippen LogP contribution in [0, 0.1) is 0 Å². The number of aromatic nitrogens is 2. The van der Waals surface area contributed by atoms with Gasteiger partial charge in [-0.2, -0.15) is 5.10 Å². The lowest BCUT2D eigenvalue weighted by Crippen LogP contribution is -2.47. The summed E-state index contributed by atoms with van der Waals surface area (Å²) in [4.78, 5) is 26.6. The lowest BCUT2D eigenvalue weighted by Gasteiger charge is -2.24. The summed E-state index contributed by atoms with van der Waals surface area (Å²) in [5.41, 5.74) is 0. The number of amides is 3. The number of rotatable bonds is 6. The summed E-state index contributed by atoms with van der Waals surface area (Å²) in [5.74, 6) is 1.17. The van der Waals surface area contributed by atoms with E-state index in [0.717, 1.165) is 19.4 Å². The maximum Gasteiger partial charge on any atom is 0.323 e. The van der Waals surface area contributed by atoms with E-state index in [1.807, 2.05) is 6.92 Å². The first-order valence-electron chi connectivity index (χ1n) is 8.58. The average Bonchev–Trinajstić information content (AvgIpc) is 3.35. The second-order valence-electron chi connectivity index (χ2n) is 6.02. The van der Waals surface area contributed by atoms with Crippen molar-refractivity contribution in [1.82, 2.24) is 20.0 Å². The van der Waals surface area contributed by atoms with Crippen LogP contribution in [0.1, 0.15) is 31.9 Å². The topological polar surface area (TPSA) is 92.4 Å². The van der Waals surface area contributed by atoms with E-state index in [-0.39, 0.29) is 11.9 Å². The van der Waals surface area contributed by atoms with E-state index in [1.54, 1.807) is 40.2 Å². The van der Waals surface area contributed by atoms with Gasteiger partial charge >= 0.3 is 6.03 Å². The summed E-state index contributed by atoms with van der Waals surface area (Å²) in [6.45, 7) is 3.66. The van der Waals surface area contributed by atoms with Gasteiger partial charge in [-0.1, -0.05) is 6.92 Å². The minimum atomic E-state index is -0.461. The summed E-state index contributed by atoms with van der Waals surface area (Å²) >= 11 is 0. The van der Waals surface area contributed by atoms with E-state index in [2.05, 4.69) is 15.7 Å². The molecule has 25 heavy (non-hydrogen) atoms. The number of nitrogens with one attached hydrogen (secondary N) is 2. The number of anilines is 1. The molecule has 0 saturated carbocycles. The van der Waals surface area contributed by atoms with Gasteiger partial charge in [0.05, 0.1) is 19.0 Å². The maximum atomic E-state index is 12.6. The Balaban J connectivity index is 1.59. The van der Waals surface area contributed by atoms with Crippen LogP contribution in [-0.2, 0) is 17.9 Å². The molecule has 0 bridgehead atoms. The van der Waals surface area contributed by atoms with E-state index < -0.39 is 6.04 Å². The van der Waals surface area contributed by atoms with Crippen molar-refractivity contribution in [2.24, 2.45) is 0 Å². The smallest absolute Gasteiger partial charge is 0.323 e. The van der Waals surface area contributed by atoms with Crippen molar-refractivity contribution >= 4 is 17.8 Å². The lowest BCUT2D eigenvalue weighted by molar-refractivity contribution is -0.124. The largest absolute Gasteiger partial charge is 0.467 e. The molecular weight excluding hydrogens is 322 g/mol. The molecule has 2 N–H and O–H groups in total. The van der Waals surface area contributed by atoms with Crippen LogP contribution in [0.15, 0.2) is 35.1 Å². The molecule has 1 aliphatic heterocycles. The molecule has 1 aliphatic rings. The predicted molar refractivity (Wildman–Crippen MR) is 91.8 cm³/mol. The van der Waals surface area contributed by atoms with Gasteiger partial charge in [-0.15, -0.1) is 0 Å². The zero-order valence-electron chi connectivity index (χ0n) is 14.3. The minimum Gasteiger partial charge on any atom is -0.467 e. The Hall–Kier alpha value is -2.77. The van der Waals surface area contributed by atoms with Crippen molar-refractivity contribution in [3.05, 3.63) is 36.4 Å². The molecule has 0 unspecified atom stereocenters. The zero-order valence-corrected chi connectivity index (χ0v) is 14.3. The summed E-state index contributed by atoms with van der Waals surface area (Å²) in [6.07, 6.45) is 5.61. The Labute approximate surface area is 146 Å². The number of aryl methyl sites for hydroxylation is 1. The third kappa shape index (κ3) is 4.01. The van der Waals surface area contributed by atoms with Gasteiger partial charge in [-0.25, -0.2) is 9.48 Å². The zero-order chi connectivity index (χ0) is 17.6. The van der Waals surface area contributed by atoms with E-state index in [4.69, 9.17) is 4.42 Å². The van der Waals surface area contributed by atoms with Gasteiger partial charge in [-0.05, 0) is 31.4 Å². The molecule has 134 valence electrons. The van der Waals surface area contributed by atoms with Crippen molar-refractivity contribution in [3.8, 4) is 0 Å². The number of hydrogen-bond acceptors (Lipinski definition) is 4. The minimum absolute atomic E-state index is 0.161. The number of likely N-dealkylation sites (tertiary alicyclic amines) is 1. The standard InChI is InChI=1S/C17H23N5O3/c1-2-9-22-15(7-8-19-22)20-17(24)21-10-3-6-14(21)16(23)18-12-13-5-4-11-25-13/h4-5,7-8,11,14H,2-3,6,9-10,12H2,1H3,(H,18,23)(H,20,24)/t14-/m1/s1. The first-order chi connectivity index (χ1) is 12.2. The van der Waals surface area contributed by atoms with E-state index >= 15 is 0 Å². The van der Waals surface area contributed by atoms with E-state index in [1.165, 1.54) is 0 Å². The number of nitrogens with zero attached hydrogens (tertiary/aromatic N) is 3. The van der Waals surface area contributed by atoms with Gasteiger partial charge in [0.25, 0.3) is 0 Å². The molecule has 3 rings (SSSR count). The molecule has 8 heteroatoms. The third-order valence-electron chi connectivity index (χ3n) is 4.22. The highest BCUT2D eigenvalue weighted by Crippen LogP contribution is 2.19. The SMILES string of the molecule is CCCn1nccc1NC(=O)N1CCC[C@@H]1C(=O)NCc1ccco1. The van der Waals surface area contributed by atoms with Crippen LogP contribution < -0.4 is 10.6 Å². The fraction of sp³-hybridized carbons (Fsp3) is 0.471. The summed E-state index contributed by atoms with van der Waals surface area (Å²) in [7, 11) is 0. The fourth-order valence-electron chi connectivity index (χ4n) is 3.00. The number of carbonyl (C=O) groups is 2. The van der Waals surface area contributed by atoms with Gasteiger partial charge < -0.3 is 14.6 Å². The van der Waals surface area contributed by atoms with Crippen molar-refractivity contribution in [2.45, 2.75) is 45.3 Å². The molecular formula is C17H23N5O3. The normalized spacial score (nSPS) is 16.8. The van der Waals surface area contributed by atoms with Gasteiger partial charge in [0.15, 0.2) is 0 Å². The molecule has 2 aromatic heterocycles. The van der Waals surface area contributed by atoms with Crippen LogP contribution >= 0.6 is 0 Å². The monoisotopic (exact) mass is 345 g/mol. The third-order valence-corrected chi connectivity index (χ3v) is 4.22. The molecule has 1 fully saturated rings. The molecule has 8 nitrogen and oxygen atoms in total. The Bertz CT molecular complexity index is 710. The van der Waals surface area contributed by atoms with Gasteiger partial charge in [0.1, 0.15) is 17.6 Å². The number of furan rings is 1. The van der Waals surface area contributed by atoms with Crippen molar-refractivity contribution < 1.29 is 14.0 Å². The van der Waals surface area contributed by atoms with Crippen LogP contribution in [0.5, 0.6) is 0 Å². The molecule has 3 amide bonds. The molecule has 3 heterocycles. The van der Waals surface area contributed by atoms with Crippen LogP contribution in [0.3, 0.4) is 0 Å². The van der Waals surface area contributed by atoms with Crippen LogP contribution in [0.25, 0.3) is 0 Å². The second kappa shape index (κ2) is 7.87. The molecule has 1 atom stereocenters. The Kier molecular flexibility index (Phi) is 5.37. The highest BCUT2D eigenvalue weighted by atomic mass is 16.3. The van der Waals surface area contributed by atoms with Crippen LogP contribution in [-0.4, -0.2) is 39.2 Å². The molecule has 0 aliphatic carbocycles. The predicted octanol–water partition coefficient (Wildman–Crippen LogP) is 2.20. The highest BCUT2D eigenvalue weighted by molar-refractivity contribution is 5.93. The van der Waals surface area contributed by atoms with Crippen LogP contribution in [0.4, 0.5) is 10.6 Å². The maximum absolute atomic E-state index is 12.6. The molecule has 1 saturated heterocycles.